The van der Waals surface area contributed by atoms with Gasteiger partial charge in [0.05, 0.1) is 6.10 Å². The molecule has 0 fully saturated rings. The summed E-state index contributed by atoms with van der Waals surface area (Å²) in [4.78, 5) is 16.7. The number of aryl methyl sites for hydroxylation is 1. The molecule has 2 aromatic rings. The molecule has 0 saturated heterocycles. The molecule has 4 nitrogen and oxygen atoms in total. The normalized spacial score (nSPS) is 14.5. The van der Waals surface area contributed by atoms with Crippen molar-refractivity contribution in [1.29, 1.82) is 0 Å². The van der Waals surface area contributed by atoms with Crippen LogP contribution in [-0.4, -0.2) is 42.1 Å². The summed E-state index contributed by atoms with van der Waals surface area (Å²) in [6, 6.07) is 16.1. The van der Waals surface area contributed by atoms with Crippen LogP contribution in [0.1, 0.15) is 36.1 Å². The molecule has 26 heavy (non-hydrogen) atoms. The number of hydrogen-bond acceptors (Lipinski definition) is 3. The van der Waals surface area contributed by atoms with Crippen molar-refractivity contribution in [2.45, 2.75) is 32.8 Å². The van der Waals surface area contributed by atoms with Gasteiger partial charge in [0.25, 0.3) is 0 Å². The standard InChI is InChI=1S/C22H28N2O2/c1-3-23(16-21(25)19-10-8-17(2)9-11-19)14-13-22(26)24-15-12-18-6-4-5-7-20(18)24/h4-11,21,25H,3,12-16H2,1-2H3/t21-/m1/s1. The average Bonchev–Trinajstić information content (AvgIpc) is 3.09. The van der Waals surface area contributed by atoms with E-state index in [1.54, 1.807) is 0 Å². The number of fused-ring (bicyclic) bond motifs is 1. The van der Waals surface area contributed by atoms with Gasteiger partial charge in [-0.3, -0.25) is 4.79 Å². The Labute approximate surface area is 156 Å². The molecule has 1 heterocycles. The van der Waals surface area contributed by atoms with Crippen molar-refractivity contribution in [3.8, 4) is 0 Å². The van der Waals surface area contributed by atoms with Crippen molar-refractivity contribution >= 4 is 11.6 Å². The van der Waals surface area contributed by atoms with Gasteiger partial charge in [0.2, 0.25) is 5.91 Å². The quantitative estimate of drug-likeness (QED) is 0.831. The third kappa shape index (κ3) is 4.32. The van der Waals surface area contributed by atoms with Crippen molar-refractivity contribution in [2.24, 2.45) is 0 Å². The van der Waals surface area contributed by atoms with Crippen LogP contribution < -0.4 is 4.90 Å². The molecule has 0 saturated carbocycles. The monoisotopic (exact) mass is 352 g/mol. The van der Waals surface area contributed by atoms with Gasteiger partial charge in [-0.15, -0.1) is 0 Å². The maximum Gasteiger partial charge on any atom is 0.228 e. The molecule has 4 heteroatoms. The first kappa shape index (κ1) is 18.6. The van der Waals surface area contributed by atoms with Crippen molar-refractivity contribution in [3.05, 3.63) is 65.2 Å². The molecule has 1 N–H and O–H groups in total. The average molecular weight is 352 g/mol. The minimum atomic E-state index is -0.529. The SMILES string of the molecule is CCN(CCC(=O)N1CCc2ccccc21)C[C@@H](O)c1ccc(C)cc1. The summed E-state index contributed by atoms with van der Waals surface area (Å²) in [6.45, 7) is 6.90. The first-order valence-corrected chi connectivity index (χ1v) is 9.43. The number of para-hydroxylation sites is 1. The molecule has 0 bridgehead atoms. The number of anilines is 1. The lowest BCUT2D eigenvalue weighted by Crippen LogP contribution is -2.35. The largest absolute Gasteiger partial charge is 0.387 e. The summed E-state index contributed by atoms with van der Waals surface area (Å²) in [7, 11) is 0. The van der Waals surface area contributed by atoms with E-state index >= 15 is 0 Å². The molecule has 0 unspecified atom stereocenters. The van der Waals surface area contributed by atoms with E-state index in [1.165, 1.54) is 11.1 Å². The van der Waals surface area contributed by atoms with E-state index in [-0.39, 0.29) is 5.91 Å². The number of benzene rings is 2. The third-order valence-corrected chi connectivity index (χ3v) is 5.17. The summed E-state index contributed by atoms with van der Waals surface area (Å²) in [5, 5.41) is 10.5. The highest BCUT2D eigenvalue weighted by Gasteiger charge is 2.24. The van der Waals surface area contributed by atoms with Gasteiger partial charge in [-0.05, 0) is 37.1 Å². The highest BCUT2D eigenvalue weighted by Crippen LogP contribution is 2.28. The van der Waals surface area contributed by atoms with Gasteiger partial charge in [-0.25, -0.2) is 0 Å². The van der Waals surface area contributed by atoms with E-state index in [0.29, 0.717) is 19.5 Å². The molecule has 2 aromatic carbocycles. The summed E-state index contributed by atoms with van der Waals surface area (Å²) in [6.07, 6.45) is 0.882. The van der Waals surface area contributed by atoms with Crippen molar-refractivity contribution in [3.63, 3.8) is 0 Å². The van der Waals surface area contributed by atoms with Gasteiger partial charge in [-0.1, -0.05) is 55.0 Å². The number of hydrogen-bond donors (Lipinski definition) is 1. The number of amides is 1. The Balaban J connectivity index is 1.54. The van der Waals surface area contributed by atoms with Gasteiger partial charge in [0.1, 0.15) is 0 Å². The molecular weight excluding hydrogens is 324 g/mol. The zero-order chi connectivity index (χ0) is 18.5. The Morgan fingerprint density at radius 3 is 2.65 bits per heavy atom. The maximum atomic E-state index is 12.7. The van der Waals surface area contributed by atoms with Crippen molar-refractivity contribution < 1.29 is 9.90 Å². The second-order valence-electron chi connectivity index (χ2n) is 6.99. The van der Waals surface area contributed by atoms with Crippen LogP contribution in [-0.2, 0) is 11.2 Å². The molecule has 0 radical (unpaired) electrons. The Morgan fingerprint density at radius 2 is 1.92 bits per heavy atom. The number of aliphatic hydroxyl groups excluding tert-OH is 1. The third-order valence-electron chi connectivity index (χ3n) is 5.17. The van der Waals surface area contributed by atoms with Crippen molar-refractivity contribution in [1.82, 2.24) is 4.90 Å². The topological polar surface area (TPSA) is 43.8 Å². The van der Waals surface area contributed by atoms with Crippen LogP contribution in [0.3, 0.4) is 0 Å². The number of likely N-dealkylation sites (N-methyl/N-ethyl adjacent to an activating group) is 1. The molecule has 1 atom stereocenters. The molecule has 1 aliphatic rings. The molecule has 0 aliphatic carbocycles. The first-order chi connectivity index (χ1) is 12.6. The molecule has 138 valence electrons. The van der Waals surface area contributed by atoms with E-state index in [9.17, 15) is 9.90 Å². The summed E-state index contributed by atoms with van der Waals surface area (Å²) in [5.74, 6) is 0.165. The minimum absolute atomic E-state index is 0.165. The molecule has 0 spiro atoms. The van der Waals surface area contributed by atoms with E-state index in [4.69, 9.17) is 0 Å². The molecular formula is C22H28N2O2. The number of rotatable bonds is 7. The highest BCUT2D eigenvalue weighted by atomic mass is 16.3. The lowest BCUT2D eigenvalue weighted by Gasteiger charge is -2.25. The van der Waals surface area contributed by atoms with Gasteiger partial charge >= 0.3 is 0 Å². The van der Waals surface area contributed by atoms with E-state index < -0.39 is 6.10 Å². The number of aliphatic hydroxyl groups is 1. The molecule has 3 rings (SSSR count). The number of carbonyl (C=O) groups is 1. The van der Waals surface area contributed by atoms with E-state index in [1.807, 2.05) is 54.3 Å². The Kier molecular flexibility index (Phi) is 6.07. The van der Waals surface area contributed by atoms with Crippen LogP contribution in [0.15, 0.2) is 48.5 Å². The van der Waals surface area contributed by atoms with Gasteiger partial charge in [0.15, 0.2) is 0 Å². The summed E-state index contributed by atoms with van der Waals surface area (Å²) >= 11 is 0. The second kappa shape index (κ2) is 8.47. The minimum Gasteiger partial charge on any atom is -0.387 e. The van der Waals surface area contributed by atoms with Crippen LogP contribution in [0.2, 0.25) is 0 Å². The number of nitrogens with zero attached hydrogens (tertiary/aromatic N) is 2. The first-order valence-electron chi connectivity index (χ1n) is 9.43. The predicted molar refractivity (Wildman–Crippen MR) is 105 cm³/mol. The van der Waals surface area contributed by atoms with Crippen LogP contribution in [0, 0.1) is 6.92 Å². The smallest absolute Gasteiger partial charge is 0.228 e. The Bertz CT molecular complexity index is 742. The zero-order valence-electron chi connectivity index (χ0n) is 15.7. The molecule has 1 amide bonds. The lowest BCUT2D eigenvalue weighted by atomic mass is 10.1. The maximum absolute atomic E-state index is 12.7. The number of carbonyl (C=O) groups excluding carboxylic acids is 1. The highest BCUT2D eigenvalue weighted by molar-refractivity contribution is 5.95. The van der Waals surface area contributed by atoms with E-state index in [0.717, 1.165) is 30.8 Å². The van der Waals surface area contributed by atoms with E-state index in [2.05, 4.69) is 17.9 Å². The fraction of sp³-hybridized carbons (Fsp3) is 0.409. The summed E-state index contributed by atoms with van der Waals surface area (Å²) < 4.78 is 0. The Hall–Kier alpha value is -2.17. The molecule has 0 aromatic heterocycles. The fourth-order valence-corrected chi connectivity index (χ4v) is 3.50. The summed E-state index contributed by atoms with van der Waals surface area (Å²) in [5.41, 5.74) is 4.42. The van der Waals surface area contributed by atoms with Crippen LogP contribution >= 0.6 is 0 Å². The predicted octanol–water partition coefficient (Wildman–Crippen LogP) is 3.33. The Morgan fingerprint density at radius 1 is 1.19 bits per heavy atom. The lowest BCUT2D eigenvalue weighted by molar-refractivity contribution is -0.118. The van der Waals surface area contributed by atoms with Crippen LogP contribution in [0.25, 0.3) is 0 Å². The zero-order valence-corrected chi connectivity index (χ0v) is 15.7. The van der Waals surface area contributed by atoms with Gasteiger partial charge in [-0.2, -0.15) is 0 Å². The second-order valence-corrected chi connectivity index (χ2v) is 6.99. The van der Waals surface area contributed by atoms with Crippen LogP contribution in [0.5, 0.6) is 0 Å². The van der Waals surface area contributed by atoms with Crippen molar-refractivity contribution in [2.75, 3.05) is 31.1 Å². The molecule has 1 aliphatic heterocycles. The van der Waals surface area contributed by atoms with Gasteiger partial charge in [0, 0.05) is 31.7 Å². The van der Waals surface area contributed by atoms with Gasteiger partial charge < -0.3 is 14.9 Å². The fourth-order valence-electron chi connectivity index (χ4n) is 3.50. The van der Waals surface area contributed by atoms with Crippen LogP contribution in [0.4, 0.5) is 5.69 Å².